The van der Waals surface area contributed by atoms with Crippen LogP contribution in [-0.4, -0.2) is 11.2 Å². The second kappa shape index (κ2) is 6.47. The van der Waals surface area contributed by atoms with E-state index in [9.17, 15) is 0 Å². The van der Waals surface area contributed by atoms with Crippen molar-refractivity contribution < 1.29 is 0 Å². The zero-order valence-electron chi connectivity index (χ0n) is 13.1. The molecule has 114 valence electrons. The molecule has 24 heavy (non-hydrogen) atoms. The van der Waals surface area contributed by atoms with Gasteiger partial charge in [0, 0.05) is 29.4 Å². The Morgan fingerprint density at radius 1 is 0.708 bits per heavy atom. The second-order valence-corrected chi connectivity index (χ2v) is 5.62. The molecule has 0 saturated heterocycles. The number of nitrogens with zero attached hydrogens (tertiary/aromatic N) is 2. The fourth-order valence-corrected chi connectivity index (χ4v) is 2.75. The van der Waals surface area contributed by atoms with Crippen molar-refractivity contribution in [3.05, 3.63) is 96.8 Å². The summed E-state index contributed by atoms with van der Waals surface area (Å²) in [7, 11) is 0. The van der Waals surface area contributed by atoms with E-state index in [-0.39, 0.29) is 0 Å². The summed E-state index contributed by atoms with van der Waals surface area (Å²) in [6.45, 7) is 0. The molecule has 3 aromatic carbocycles. The zero-order chi connectivity index (χ0) is 16.2. The number of pyridine rings is 1. The Balaban J connectivity index is 1.62. The molecule has 4 aromatic rings. The molecule has 0 amide bonds. The standard InChI is InChI=1S/C22H16N2/c1-2-5-18(6-3-1)19-11-9-17(10-12-19)15-24-22-8-4-7-20-16-23-14-13-21(20)22/h1-16H. The van der Waals surface area contributed by atoms with E-state index in [0.29, 0.717) is 0 Å². The highest BCUT2D eigenvalue weighted by molar-refractivity contribution is 5.94. The Labute approximate surface area is 141 Å². The molecule has 0 aliphatic heterocycles. The highest BCUT2D eigenvalue weighted by atomic mass is 14.7. The minimum absolute atomic E-state index is 0.960. The van der Waals surface area contributed by atoms with Crippen molar-refractivity contribution in [2.75, 3.05) is 0 Å². The molecular formula is C22H16N2. The summed E-state index contributed by atoms with van der Waals surface area (Å²) < 4.78 is 0. The lowest BCUT2D eigenvalue weighted by Crippen LogP contribution is -1.83. The molecule has 1 heterocycles. The topological polar surface area (TPSA) is 25.2 Å². The van der Waals surface area contributed by atoms with E-state index in [1.807, 2.05) is 36.7 Å². The molecule has 4 rings (SSSR count). The summed E-state index contributed by atoms with van der Waals surface area (Å²) in [5, 5.41) is 2.22. The number of rotatable bonds is 3. The lowest BCUT2D eigenvalue weighted by Gasteiger charge is -2.02. The van der Waals surface area contributed by atoms with Gasteiger partial charge in [0.2, 0.25) is 0 Å². The van der Waals surface area contributed by atoms with Crippen LogP contribution >= 0.6 is 0 Å². The second-order valence-electron chi connectivity index (χ2n) is 5.62. The Hall–Kier alpha value is -3.26. The van der Waals surface area contributed by atoms with E-state index in [4.69, 9.17) is 0 Å². The van der Waals surface area contributed by atoms with Crippen molar-refractivity contribution in [2.45, 2.75) is 0 Å². The minimum Gasteiger partial charge on any atom is -0.264 e. The molecular weight excluding hydrogens is 292 g/mol. The first kappa shape index (κ1) is 14.3. The number of aliphatic imine (C=N–C) groups is 1. The normalized spacial score (nSPS) is 11.2. The maximum atomic E-state index is 4.65. The van der Waals surface area contributed by atoms with Crippen LogP contribution in [0.4, 0.5) is 5.69 Å². The average molecular weight is 308 g/mol. The highest BCUT2D eigenvalue weighted by Crippen LogP contribution is 2.25. The molecule has 0 aliphatic rings. The van der Waals surface area contributed by atoms with E-state index in [0.717, 1.165) is 22.0 Å². The van der Waals surface area contributed by atoms with Crippen LogP contribution in [0.1, 0.15) is 5.56 Å². The highest BCUT2D eigenvalue weighted by Gasteiger charge is 1.99. The van der Waals surface area contributed by atoms with Gasteiger partial charge in [-0.25, -0.2) is 0 Å². The van der Waals surface area contributed by atoms with Gasteiger partial charge in [0.05, 0.1) is 5.69 Å². The summed E-state index contributed by atoms with van der Waals surface area (Å²) in [5.41, 5.74) is 4.48. The van der Waals surface area contributed by atoms with Crippen molar-refractivity contribution in [1.29, 1.82) is 0 Å². The summed E-state index contributed by atoms with van der Waals surface area (Å²) in [5.74, 6) is 0. The van der Waals surface area contributed by atoms with Gasteiger partial charge < -0.3 is 0 Å². The lowest BCUT2D eigenvalue weighted by atomic mass is 10.0. The molecule has 0 saturated carbocycles. The van der Waals surface area contributed by atoms with Crippen molar-refractivity contribution in [2.24, 2.45) is 4.99 Å². The van der Waals surface area contributed by atoms with Gasteiger partial charge in [-0.1, -0.05) is 66.7 Å². The van der Waals surface area contributed by atoms with Crippen molar-refractivity contribution >= 4 is 22.7 Å². The monoisotopic (exact) mass is 308 g/mol. The minimum atomic E-state index is 0.960. The first-order valence-corrected chi connectivity index (χ1v) is 7.92. The van der Waals surface area contributed by atoms with E-state index in [1.54, 1.807) is 6.20 Å². The largest absolute Gasteiger partial charge is 0.264 e. The lowest BCUT2D eigenvalue weighted by molar-refractivity contribution is 1.36. The molecule has 0 atom stereocenters. The van der Waals surface area contributed by atoms with Gasteiger partial charge in [0.1, 0.15) is 0 Å². The predicted octanol–water partition coefficient (Wildman–Crippen LogP) is 5.65. The first-order valence-electron chi connectivity index (χ1n) is 7.92. The SMILES string of the molecule is C(=Nc1cccc2cnccc12)c1ccc(-c2ccccc2)cc1. The quantitative estimate of drug-likeness (QED) is 0.449. The third kappa shape index (κ3) is 2.95. The van der Waals surface area contributed by atoms with Crippen LogP contribution in [0.5, 0.6) is 0 Å². The fraction of sp³-hybridized carbons (Fsp3) is 0. The van der Waals surface area contributed by atoms with Gasteiger partial charge in [-0.2, -0.15) is 0 Å². The summed E-state index contributed by atoms with van der Waals surface area (Å²) in [6.07, 6.45) is 5.57. The van der Waals surface area contributed by atoms with Crippen molar-refractivity contribution in [3.63, 3.8) is 0 Å². The predicted molar refractivity (Wildman–Crippen MR) is 101 cm³/mol. The van der Waals surface area contributed by atoms with Gasteiger partial charge in [-0.3, -0.25) is 9.98 Å². The van der Waals surface area contributed by atoms with Crippen LogP contribution < -0.4 is 0 Å². The molecule has 0 bridgehead atoms. The van der Waals surface area contributed by atoms with Crippen LogP contribution in [0, 0.1) is 0 Å². The van der Waals surface area contributed by atoms with E-state index in [2.05, 4.69) is 64.6 Å². The molecule has 1 aromatic heterocycles. The van der Waals surface area contributed by atoms with E-state index < -0.39 is 0 Å². The van der Waals surface area contributed by atoms with Gasteiger partial charge in [-0.05, 0) is 28.8 Å². The number of fused-ring (bicyclic) bond motifs is 1. The number of hydrogen-bond donors (Lipinski definition) is 0. The first-order chi connectivity index (χ1) is 11.9. The van der Waals surface area contributed by atoms with Crippen LogP contribution in [-0.2, 0) is 0 Å². The smallest absolute Gasteiger partial charge is 0.0709 e. The van der Waals surface area contributed by atoms with Gasteiger partial charge in [-0.15, -0.1) is 0 Å². The average Bonchev–Trinajstić information content (AvgIpc) is 2.67. The molecule has 0 unspecified atom stereocenters. The molecule has 2 heteroatoms. The molecule has 0 radical (unpaired) electrons. The Bertz CT molecular complexity index is 982. The summed E-state index contributed by atoms with van der Waals surface area (Å²) in [4.78, 5) is 8.81. The number of benzene rings is 3. The number of aromatic nitrogens is 1. The maximum Gasteiger partial charge on any atom is 0.0709 e. The Kier molecular flexibility index (Phi) is 3.86. The summed E-state index contributed by atoms with van der Waals surface area (Å²) in [6, 6.07) is 26.9. The molecule has 0 N–H and O–H groups in total. The van der Waals surface area contributed by atoms with Gasteiger partial charge >= 0.3 is 0 Å². The third-order valence-corrected chi connectivity index (χ3v) is 4.03. The zero-order valence-corrected chi connectivity index (χ0v) is 13.1. The fourth-order valence-electron chi connectivity index (χ4n) is 2.75. The molecule has 2 nitrogen and oxygen atoms in total. The van der Waals surface area contributed by atoms with Crippen LogP contribution in [0.25, 0.3) is 21.9 Å². The van der Waals surface area contributed by atoms with Crippen molar-refractivity contribution in [1.82, 2.24) is 4.98 Å². The summed E-state index contributed by atoms with van der Waals surface area (Å²) >= 11 is 0. The van der Waals surface area contributed by atoms with Crippen molar-refractivity contribution in [3.8, 4) is 11.1 Å². The number of hydrogen-bond acceptors (Lipinski definition) is 2. The third-order valence-electron chi connectivity index (χ3n) is 4.03. The molecule has 0 aliphatic carbocycles. The van der Waals surface area contributed by atoms with Gasteiger partial charge in [0.15, 0.2) is 0 Å². The maximum absolute atomic E-state index is 4.65. The van der Waals surface area contributed by atoms with Crippen LogP contribution in [0.15, 0.2) is 96.2 Å². The Morgan fingerprint density at radius 2 is 1.50 bits per heavy atom. The Morgan fingerprint density at radius 3 is 2.33 bits per heavy atom. The van der Waals surface area contributed by atoms with Crippen LogP contribution in [0.2, 0.25) is 0 Å². The van der Waals surface area contributed by atoms with Crippen LogP contribution in [0.3, 0.4) is 0 Å². The van der Waals surface area contributed by atoms with E-state index >= 15 is 0 Å². The molecule has 0 fully saturated rings. The molecule has 0 spiro atoms. The van der Waals surface area contributed by atoms with Gasteiger partial charge in [0.25, 0.3) is 0 Å². The van der Waals surface area contributed by atoms with E-state index in [1.165, 1.54) is 11.1 Å².